The van der Waals surface area contributed by atoms with Crippen LogP contribution in [0.1, 0.15) is 156 Å². The molecule has 0 aromatic heterocycles. The molecule has 1 unspecified atom stereocenters. The lowest BCUT2D eigenvalue weighted by atomic mass is 9.94. The third-order valence-electron chi connectivity index (χ3n) is 6.14. The SMILES string of the molecule is CCCCCCCCCCCOC(=O)C(CCCCCC)CCCCCCCC. The van der Waals surface area contributed by atoms with Gasteiger partial charge < -0.3 is 4.74 Å². The summed E-state index contributed by atoms with van der Waals surface area (Å²) in [6.07, 6.45) is 26.6. The summed E-state index contributed by atoms with van der Waals surface area (Å²) in [4.78, 5) is 12.6. The van der Waals surface area contributed by atoms with Crippen LogP contribution < -0.4 is 0 Å². The average molecular weight is 411 g/mol. The van der Waals surface area contributed by atoms with Crippen molar-refractivity contribution in [2.24, 2.45) is 5.92 Å². The van der Waals surface area contributed by atoms with Gasteiger partial charge in [-0.15, -0.1) is 0 Å². The second kappa shape index (κ2) is 23.7. The predicted octanol–water partition coefficient (Wildman–Crippen LogP) is 9.40. The van der Waals surface area contributed by atoms with Crippen LogP contribution in [-0.4, -0.2) is 12.6 Å². The van der Waals surface area contributed by atoms with Gasteiger partial charge in [-0.3, -0.25) is 4.79 Å². The van der Waals surface area contributed by atoms with E-state index in [-0.39, 0.29) is 11.9 Å². The summed E-state index contributed by atoms with van der Waals surface area (Å²) in [6, 6.07) is 0. The van der Waals surface area contributed by atoms with E-state index in [2.05, 4.69) is 20.8 Å². The van der Waals surface area contributed by atoms with Gasteiger partial charge in [-0.05, 0) is 19.3 Å². The van der Waals surface area contributed by atoms with Crippen molar-refractivity contribution < 1.29 is 9.53 Å². The van der Waals surface area contributed by atoms with Gasteiger partial charge in [0.1, 0.15) is 0 Å². The zero-order valence-corrected chi connectivity index (χ0v) is 20.5. The number of ether oxygens (including phenoxy) is 1. The van der Waals surface area contributed by atoms with Gasteiger partial charge in [-0.25, -0.2) is 0 Å². The maximum atomic E-state index is 12.6. The van der Waals surface area contributed by atoms with E-state index in [4.69, 9.17) is 4.74 Å². The Kier molecular flexibility index (Phi) is 23.3. The smallest absolute Gasteiger partial charge is 0.308 e. The van der Waals surface area contributed by atoms with Crippen molar-refractivity contribution in [3.8, 4) is 0 Å². The van der Waals surface area contributed by atoms with E-state index < -0.39 is 0 Å². The van der Waals surface area contributed by atoms with Gasteiger partial charge in [0, 0.05) is 0 Å². The zero-order chi connectivity index (χ0) is 21.4. The van der Waals surface area contributed by atoms with E-state index in [9.17, 15) is 4.79 Å². The summed E-state index contributed by atoms with van der Waals surface area (Å²) in [7, 11) is 0. The fourth-order valence-corrected chi connectivity index (χ4v) is 4.07. The Labute approximate surface area is 184 Å². The van der Waals surface area contributed by atoms with Crippen LogP contribution in [0, 0.1) is 5.92 Å². The highest BCUT2D eigenvalue weighted by Crippen LogP contribution is 2.20. The molecule has 2 nitrogen and oxygen atoms in total. The fourth-order valence-electron chi connectivity index (χ4n) is 4.07. The van der Waals surface area contributed by atoms with Crippen molar-refractivity contribution in [2.75, 3.05) is 6.61 Å². The third kappa shape index (κ3) is 20.5. The normalized spacial score (nSPS) is 12.2. The van der Waals surface area contributed by atoms with Crippen molar-refractivity contribution in [2.45, 2.75) is 156 Å². The number of hydrogen-bond donors (Lipinski definition) is 0. The summed E-state index contributed by atoms with van der Waals surface area (Å²) >= 11 is 0. The Bertz CT molecular complexity index is 326. The minimum absolute atomic E-state index is 0.0922. The molecule has 0 N–H and O–H groups in total. The third-order valence-corrected chi connectivity index (χ3v) is 6.14. The monoisotopic (exact) mass is 410 g/mol. The molecule has 0 saturated heterocycles. The first-order valence-electron chi connectivity index (χ1n) is 13.4. The van der Waals surface area contributed by atoms with Crippen LogP contribution in [0.25, 0.3) is 0 Å². The highest BCUT2D eigenvalue weighted by atomic mass is 16.5. The van der Waals surface area contributed by atoms with Crippen molar-refractivity contribution in [3.05, 3.63) is 0 Å². The Morgan fingerprint density at radius 3 is 1.31 bits per heavy atom. The van der Waals surface area contributed by atoms with E-state index in [1.165, 1.54) is 116 Å². The average Bonchev–Trinajstić information content (AvgIpc) is 2.73. The molecule has 29 heavy (non-hydrogen) atoms. The van der Waals surface area contributed by atoms with Crippen molar-refractivity contribution in [1.29, 1.82) is 0 Å². The lowest BCUT2D eigenvalue weighted by Crippen LogP contribution is -2.18. The molecule has 0 aliphatic rings. The summed E-state index contributed by atoms with van der Waals surface area (Å²) in [5.74, 6) is 0.242. The van der Waals surface area contributed by atoms with E-state index in [1.807, 2.05) is 0 Å². The van der Waals surface area contributed by atoms with Gasteiger partial charge in [0.15, 0.2) is 0 Å². The Balaban J connectivity index is 3.87. The molecular formula is C27H54O2. The Morgan fingerprint density at radius 1 is 0.517 bits per heavy atom. The van der Waals surface area contributed by atoms with Gasteiger partial charge in [0.05, 0.1) is 12.5 Å². The largest absolute Gasteiger partial charge is 0.465 e. The van der Waals surface area contributed by atoms with Gasteiger partial charge in [-0.2, -0.15) is 0 Å². The first-order valence-corrected chi connectivity index (χ1v) is 13.4. The van der Waals surface area contributed by atoms with Crippen molar-refractivity contribution in [3.63, 3.8) is 0 Å². The van der Waals surface area contributed by atoms with Gasteiger partial charge in [0.2, 0.25) is 0 Å². The molecule has 0 spiro atoms. The molecule has 0 heterocycles. The van der Waals surface area contributed by atoms with Crippen LogP contribution in [0.4, 0.5) is 0 Å². The molecule has 0 aromatic rings. The van der Waals surface area contributed by atoms with Crippen LogP contribution in [0.2, 0.25) is 0 Å². The molecule has 0 aromatic carbocycles. The van der Waals surface area contributed by atoms with E-state index in [1.54, 1.807) is 0 Å². The lowest BCUT2D eigenvalue weighted by molar-refractivity contribution is -0.149. The summed E-state index contributed by atoms with van der Waals surface area (Å²) < 4.78 is 5.68. The number of hydrogen-bond acceptors (Lipinski definition) is 2. The lowest BCUT2D eigenvalue weighted by Gasteiger charge is -2.16. The minimum Gasteiger partial charge on any atom is -0.465 e. The number of rotatable bonds is 23. The molecule has 0 fully saturated rings. The molecule has 0 rings (SSSR count). The summed E-state index contributed by atoms with van der Waals surface area (Å²) in [6.45, 7) is 7.41. The topological polar surface area (TPSA) is 26.3 Å². The van der Waals surface area contributed by atoms with Crippen molar-refractivity contribution in [1.82, 2.24) is 0 Å². The van der Waals surface area contributed by atoms with Crippen LogP contribution in [0.3, 0.4) is 0 Å². The molecule has 0 amide bonds. The number of unbranched alkanes of at least 4 members (excludes halogenated alkanes) is 16. The second-order valence-electron chi connectivity index (χ2n) is 9.10. The molecule has 0 saturated carbocycles. The first kappa shape index (κ1) is 28.5. The van der Waals surface area contributed by atoms with E-state index in [0.717, 1.165) is 19.3 Å². The molecule has 0 aliphatic carbocycles. The number of carbonyl (C=O) groups is 1. The van der Waals surface area contributed by atoms with Crippen LogP contribution in [-0.2, 0) is 9.53 Å². The number of carbonyl (C=O) groups excluding carboxylic acids is 1. The van der Waals surface area contributed by atoms with Gasteiger partial charge >= 0.3 is 5.97 Å². The maximum Gasteiger partial charge on any atom is 0.308 e. The van der Waals surface area contributed by atoms with Gasteiger partial charge in [-0.1, -0.05) is 136 Å². The molecule has 1 atom stereocenters. The standard InChI is InChI=1S/C27H54O2/c1-4-7-10-13-15-16-17-19-22-25-29-27(28)26(23-20-12-9-6-3)24-21-18-14-11-8-5-2/h26H,4-25H2,1-3H3. The molecule has 2 heteroatoms. The maximum absolute atomic E-state index is 12.6. The molecule has 0 aliphatic heterocycles. The Morgan fingerprint density at radius 2 is 0.862 bits per heavy atom. The molecular weight excluding hydrogens is 356 g/mol. The van der Waals surface area contributed by atoms with E-state index in [0.29, 0.717) is 6.61 Å². The number of esters is 1. The molecule has 0 radical (unpaired) electrons. The predicted molar refractivity (Wildman–Crippen MR) is 128 cm³/mol. The Hall–Kier alpha value is -0.530. The van der Waals surface area contributed by atoms with E-state index >= 15 is 0 Å². The van der Waals surface area contributed by atoms with Gasteiger partial charge in [0.25, 0.3) is 0 Å². The molecule has 174 valence electrons. The summed E-state index contributed by atoms with van der Waals surface area (Å²) in [5.41, 5.74) is 0. The zero-order valence-electron chi connectivity index (χ0n) is 20.5. The van der Waals surface area contributed by atoms with Crippen LogP contribution in [0.5, 0.6) is 0 Å². The molecule has 0 bridgehead atoms. The highest BCUT2D eigenvalue weighted by Gasteiger charge is 2.19. The summed E-state index contributed by atoms with van der Waals surface area (Å²) in [5, 5.41) is 0. The second-order valence-corrected chi connectivity index (χ2v) is 9.10. The quantitative estimate of drug-likeness (QED) is 0.124. The first-order chi connectivity index (χ1) is 14.3. The highest BCUT2D eigenvalue weighted by molar-refractivity contribution is 5.72. The van der Waals surface area contributed by atoms with Crippen molar-refractivity contribution >= 4 is 5.97 Å². The minimum atomic E-state index is 0.0922. The van der Waals surface area contributed by atoms with Crippen LogP contribution in [0.15, 0.2) is 0 Å². The fraction of sp³-hybridized carbons (Fsp3) is 0.963. The van der Waals surface area contributed by atoms with Crippen LogP contribution >= 0.6 is 0 Å².